The van der Waals surface area contributed by atoms with Crippen molar-refractivity contribution in [2.75, 3.05) is 14.2 Å². The molecule has 0 aliphatic carbocycles. The number of hydrogen-bond acceptors (Lipinski definition) is 5. The maximum Gasteiger partial charge on any atom is 0.241 e. The van der Waals surface area contributed by atoms with Gasteiger partial charge in [-0.3, -0.25) is 0 Å². The van der Waals surface area contributed by atoms with Gasteiger partial charge in [-0.1, -0.05) is 37.3 Å². The molecule has 1 aromatic carbocycles. The summed E-state index contributed by atoms with van der Waals surface area (Å²) in [6, 6.07) is 9.79. The van der Waals surface area contributed by atoms with Crippen LogP contribution in [-0.2, 0) is 12.0 Å². The Bertz CT molecular complexity index is 589. The monoisotopic (exact) mass is 288 g/mol. The van der Waals surface area contributed by atoms with Crippen LogP contribution in [0.15, 0.2) is 36.5 Å². The Labute approximate surface area is 124 Å². The van der Waals surface area contributed by atoms with Gasteiger partial charge in [0, 0.05) is 6.42 Å². The van der Waals surface area contributed by atoms with Gasteiger partial charge >= 0.3 is 0 Å². The lowest BCUT2D eigenvalue weighted by molar-refractivity contribution is 0.0249. The number of aliphatic hydroxyl groups is 1. The van der Waals surface area contributed by atoms with Crippen LogP contribution in [0.2, 0.25) is 0 Å². The molecule has 5 heteroatoms. The van der Waals surface area contributed by atoms with E-state index in [1.165, 1.54) is 20.4 Å². The maximum absolute atomic E-state index is 11.0. The molecule has 0 bridgehead atoms. The fourth-order valence-corrected chi connectivity index (χ4v) is 2.23. The van der Waals surface area contributed by atoms with Crippen LogP contribution < -0.4 is 9.47 Å². The molecular weight excluding hydrogens is 268 g/mol. The normalized spacial score (nSPS) is 13.5. The minimum atomic E-state index is -1.13. The van der Waals surface area contributed by atoms with Gasteiger partial charge in [-0.2, -0.15) is 4.98 Å². The topological polar surface area (TPSA) is 64.5 Å². The van der Waals surface area contributed by atoms with Crippen molar-refractivity contribution in [3.8, 4) is 11.8 Å². The van der Waals surface area contributed by atoms with Crippen LogP contribution >= 0.6 is 0 Å². The molecule has 2 aromatic rings. The number of rotatable bonds is 6. The van der Waals surface area contributed by atoms with Gasteiger partial charge in [-0.05, 0) is 12.0 Å². The van der Waals surface area contributed by atoms with E-state index < -0.39 is 5.60 Å². The van der Waals surface area contributed by atoms with Crippen molar-refractivity contribution >= 4 is 0 Å². The van der Waals surface area contributed by atoms with E-state index in [4.69, 9.17) is 9.47 Å². The second-order valence-corrected chi connectivity index (χ2v) is 4.82. The molecule has 0 saturated heterocycles. The van der Waals surface area contributed by atoms with Crippen molar-refractivity contribution < 1.29 is 14.6 Å². The lowest BCUT2D eigenvalue weighted by Crippen LogP contribution is -2.30. The molecule has 2 rings (SSSR count). The predicted octanol–water partition coefficient (Wildman–Crippen LogP) is 2.33. The first-order chi connectivity index (χ1) is 10.1. The van der Waals surface area contributed by atoms with E-state index in [0.29, 0.717) is 24.4 Å². The summed E-state index contributed by atoms with van der Waals surface area (Å²) in [4.78, 5) is 8.50. The summed E-state index contributed by atoms with van der Waals surface area (Å²) in [5.41, 5.74) is 0.324. The van der Waals surface area contributed by atoms with Crippen LogP contribution in [-0.4, -0.2) is 29.3 Å². The average molecular weight is 288 g/mol. The first-order valence-electron chi connectivity index (χ1n) is 6.84. The SMILES string of the molecule is CCC(O)(Cc1ccccc1)c1ncc(OC)nc1OC. The van der Waals surface area contributed by atoms with Gasteiger partial charge in [0.1, 0.15) is 11.3 Å². The molecule has 1 unspecified atom stereocenters. The molecule has 5 nitrogen and oxygen atoms in total. The van der Waals surface area contributed by atoms with Gasteiger partial charge in [0.25, 0.3) is 0 Å². The van der Waals surface area contributed by atoms with Gasteiger partial charge in [0.05, 0.1) is 20.4 Å². The molecule has 0 fully saturated rings. The second-order valence-electron chi connectivity index (χ2n) is 4.82. The largest absolute Gasteiger partial charge is 0.480 e. The van der Waals surface area contributed by atoms with E-state index >= 15 is 0 Å². The molecule has 112 valence electrons. The smallest absolute Gasteiger partial charge is 0.241 e. The molecule has 0 amide bonds. The van der Waals surface area contributed by atoms with Gasteiger partial charge in [0.2, 0.25) is 11.8 Å². The van der Waals surface area contributed by atoms with E-state index in [-0.39, 0.29) is 5.88 Å². The zero-order chi connectivity index (χ0) is 15.3. The number of hydrogen-bond donors (Lipinski definition) is 1. The Balaban J connectivity index is 2.40. The summed E-state index contributed by atoms with van der Waals surface area (Å²) in [5, 5.41) is 11.0. The van der Waals surface area contributed by atoms with Gasteiger partial charge in [-0.25, -0.2) is 4.98 Å². The number of aromatic nitrogens is 2. The van der Waals surface area contributed by atoms with Crippen LogP contribution in [0, 0.1) is 0 Å². The number of ether oxygens (including phenoxy) is 2. The van der Waals surface area contributed by atoms with Crippen LogP contribution in [0.5, 0.6) is 11.8 Å². The summed E-state index contributed by atoms with van der Waals surface area (Å²) in [7, 11) is 3.02. The van der Waals surface area contributed by atoms with Crippen LogP contribution in [0.25, 0.3) is 0 Å². The summed E-state index contributed by atoms with van der Waals surface area (Å²) in [6.45, 7) is 1.91. The van der Waals surface area contributed by atoms with Crippen molar-refractivity contribution in [3.05, 3.63) is 47.8 Å². The van der Waals surface area contributed by atoms with E-state index in [1.807, 2.05) is 37.3 Å². The van der Waals surface area contributed by atoms with E-state index in [2.05, 4.69) is 9.97 Å². The third-order valence-electron chi connectivity index (χ3n) is 3.49. The maximum atomic E-state index is 11.0. The highest BCUT2D eigenvalue weighted by atomic mass is 16.5. The number of methoxy groups -OCH3 is 2. The van der Waals surface area contributed by atoms with Gasteiger partial charge in [-0.15, -0.1) is 0 Å². The lowest BCUT2D eigenvalue weighted by atomic mass is 9.88. The standard InChI is InChI=1S/C16H20N2O3/c1-4-16(19,10-12-8-6-5-7-9-12)14-15(21-3)18-13(20-2)11-17-14/h5-9,11,19H,4,10H2,1-3H3. The Morgan fingerprint density at radius 3 is 2.43 bits per heavy atom. The van der Waals surface area contributed by atoms with Gasteiger partial charge < -0.3 is 14.6 Å². The molecule has 1 heterocycles. The summed E-state index contributed by atoms with van der Waals surface area (Å²) in [6.07, 6.45) is 2.43. The van der Waals surface area contributed by atoms with Crippen molar-refractivity contribution in [3.63, 3.8) is 0 Å². The molecular formula is C16H20N2O3. The van der Waals surface area contributed by atoms with E-state index in [0.717, 1.165) is 5.56 Å². The highest BCUT2D eigenvalue weighted by Crippen LogP contribution is 2.33. The van der Waals surface area contributed by atoms with Crippen molar-refractivity contribution in [1.29, 1.82) is 0 Å². The minimum absolute atomic E-state index is 0.287. The molecule has 1 atom stereocenters. The van der Waals surface area contributed by atoms with Crippen molar-refractivity contribution in [1.82, 2.24) is 9.97 Å². The molecule has 21 heavy (non-hydrogen) atoms. The zero-order valence-corrected chi connectivity index (χ0v) is 12.5. The Morgan fingerprint density at radius 2 is 1.86 bits per heavy atom. The molecule has 0 aliphatic rings. The molecule has 1 N–H and O–H groups in total. The fraction of sp³-hybridized carbons (Fsp3) is 0.375. The summed E-state index contributed by atoms with van der Waals surface area (Å²) in [5.74, 6) is 0.642. The summed E-state index contributed by atoms with van der Waals surface area (Å²) < 4.78 is 10.3. The molecule has 0 spiro atoms. The fourth-order valence-electron chi connectivity index (χ4n) is 2.23. The molecule has 0 aliphatic heterocycles. The van der Waals surface area contributed by atoms with Crippen LogP contribution in [0.4, 0.5) is 0 Å². The molecule has 0 saturated carbocycles. The summed E-state index contributed by atoms with van der Waals surface area (Å²) >= 11 is 0. The number of benzene rings is 1. The van der Waals surface area contributed by atoms with Crippen molar-refractivity contribution in [2.24, 2.45) is 0 Å². The zero-order valence-electron chi connectivity index (χ0n) is 12.5. The van der Waals surface area contributed by atoms with E-state index in [9.17, 15) is 5.11 Å². The first kappa shape index (κ1) is 15.3. The molecule has 1 aromatic heterocycles. The highest BCUT2D eigenvalue weighted by molar-refractivity contribution is 5.30. The molecule has 0 radical (unpaired) electrons. The number of nitrogens with zero attached hydrogens (tertiary/aromatic N) is 2. The Kier molecular flexibility index (Phi) is 4.75. The third kappa shape index (κ3) is 3.31. The Hall–Kier alpha value is -2.14. The predicted molar refractivity (Wildman–Crippen MR) is 79.5 cm³/mol. The van der Waals surface area contributed by atoms with Crippen molar-refractivity contribution in [2.45, 2.75) is 25.4 Å². The first-order valence-corrected chi connectivity index (χ1v) is 6.84. The van der Waals surface area contributed by atoms with E-state index in [1.54, 1.807) is 0 Å². The second kappa shape index (κ2) is 6.54. The van der Waals surface area contributed by atoms with Gasteiger partial charge in [0.15, 0.2) is 0 Å². The highest BCUT2D eigenvalue weighted by Gasteiger charge is 2.33. The average Bonchev–Trinajstić information content (AvgIpc) is 2.55. The van der Waals surface area contributed by atoms with Crippen LogP contribution in [0.1, 0.15) is 24.6 Å². The lowest BCUT2D eigenvalue weighted by Gasteiger charge is -2.27. The minimum Gasteiger partial charge on any atom is -0.480 e. The third-order valence-corrected chi connectivity index (χ3v) is 3.49. The quantitative estimate of drug-likeness (QED) is 0.884. The van der Waals surface area contributed by atoms with Crippen LogP contribution in [0.3, 0.4) is 0 Å². The Morgan fingerprint density at radius 1 is 1.14 bits per heavy atom.